The molecule has 2 nitrogen and oxygen atoms in total. The Kier molecular flexibility index (Phi) is 7.07. The van der Waals surface area contributed by atoms with Crippen molar-refractivity contribution in [3.05, 3.63) is 253 Å². The molecule has 2 heterocycles. The first kappa shape index (κ1) is 34.5. The average Bonchev–Trinajstić information content (AvgIpc) is 4.07. The van der Waals surface area contributed by atoms with Gasteiger partial charge in [0, 0.05) is 49.6 Å². The molecule has 0 radical (unpaired) electrons. The maximum Gasteiger partial charge on any atom is 0.0746 e. The summed E-state index contributed by atoms with van der Waals surface area (Å²) < 4.78 is 5.09. The summed E-state index contributed by atoms with van der Waals surface area (Å²) in [6.07, 6.45) is 0. The molecule has 0 saturated carbocycles. The highest BCUT2D eigenvalue weighted by Crippen LogP contribution is 2.64. The summed E-state index contributed by atoms with van der Waals surface area (Å²) in [5.41, 5.74) is 22.0. The second-order valence-electron chi connectivity index (χ2n) is 17.1. The number of hydrogen-bond donors (Lipinski definition) is 0. The van der Waals surface area contributed by atoms with E-state index in [-0.39, 0.29) is 0 Å². The largest absolute Gasteiger partial charge is 0.309 e. The third-order valence-electron chi connectivity index (χ3n) is 14.1. The van der Waals surface area contributed by atoms with Crippen molar-refractivity contribution < 1.29 is 0 Å². The molecule has 0 saturated heterocycles. The molecule has 0 fully saturated rings. The van der Waals surface area contributed by atoms with Gasteiger partial charge in [0.15, 0.2) is 0 Å². The first-order valence-corrected chi connectivity index (χ1v) is 21.9. The maximum absolute atomic E-state index is 2.62. The van der Waals surface area contributed by atoms with Crippen molar-refractivity contribution >= 4 is 43.6 Å². The highest BCUT2D eigenvalue weighted by molar-refractivity contribution is 6.21. The Labute approximate surface area is 365 Å². The van der Waals surface area contributed by atoms with Crippen molar-refractivity contribution in [2.75, 3.05) is 0 Å². The topological polar surface area (TPSA) is 9.86 Å². The predicted molar refractivity (Wildman–Crippen MR) is 262 cm³/mol. The summed E-state index contributed by atoms with van der Waals surface area (Å²) in [4.78, 5) is 0. The van der Waals surface area contributed by atoms with Gasteiger partial charge >= 0.3 is 0 Å². The quantitative estimate of drug-likeness (QED) is 0.168. The lowest BCUT2D eigenvalue weighted by molar-refractivity contribution is 0.797. The molecule has 0 unspecified atom stereocenters. The third kappa shape index (κ3) is 4.52. The summed E-state index contributed by atoms with van der Waals surface area (Å²) in [7, 11) is 0. The van der Waals surface area contributed by atoms with Gasteiger partial charge in [-0.15, -0.1) is 0 Å². The average molecular weight is 799 g/mol. The van der Waals surface area contributed by atoms with Crippen molar-refractivity contribution in [3.8, 4) is 55.9 Å². The molecule has 0 atom stereocenters. The lowest BCUT2D eigenvalue weighted by Gasteiger charge is -2.31. The molecule has 0 N–H and O–H groups in total. The van der Waals surface area contributed by atoms with Crippen LogP contribution in [-0.4, -0.2) is 9.13 Å². The summed E-state index contributed by atoms with van der Waals surface area (Å²) in [5, 5.41) is 4.98. The molecule has 14 rings (SSSR count). The van der Waals surface area contributed by atoms with E-state index in [1.54, 1.807) is 0 Å². The Morgan fingerprint density at radius 1 is 0.254 bits per heavy atom. The summed E-state index contributed by atoms with van der Waals surface area (Å²) in [5.74, 6) is 0. The van der Waals surface area contributed by atoms with E-state index in [2.05, 4.69) is 240 Å². The molecule has 292 valence electrons. The van der Waals surface area contributed by atoms with E-state index >= 15 is 0 Å². The van der Waals surface area contributed by atoms with Gasteiger partial charge in [0.25, 0.3) is 0 Å². The Morgan fingerprint density at radius 2 is 0.698 bits per heavy atom. The van der Waals surface area contributed by atoms with Crippen LogP contribution in [0.25, 0.3) is 99.5 Å². The van der Waals surface area contributed by atoms with Gasteiger partial charge in [-0.3, -0.25) is 0 Å². The lowest BCUT2D eigenvalue weighted by Crippen LogP contribution is -2.26. The molecule has 0 aliphatic heterocycles. The van der Waals surface area contributed by atoms with Crippen molar-refractivity contribution in [1.82, 2.24) is 9.13 Å². The predicted octanol–water partition coefficient (Wildman–Crippen LogP) is 15.6. The fourth-order valence-corrected chi connectivity index (χ4v) is 11.7. The van der Waals surface area contributed by atoms with Gasteiger partial charge in [0.1, 0.15) is 0 Å². The van der Waals surface area contributed by atoms with Gasteiger partial charge < -0.3 is 9.13 Å². The van der Waals surface area contributed by atoms with Gasteiger partial charge in [-0.05, 0) is 80.4 Å². The number of nitrogens with zero attached hydrogens (tertiary/aromatic N) is 2. The molecule has 0 amide bonds. The van der Waals surface area contributed by atoms with E-state index in [0.29, 0.717) is 0 Å². The van der Waals surface area contributed by atoms with Crippen LogP contribution in [0.15, 0.2) is 231 Å². The Balaban J connectivity index is 1.17. The number of benzene rings is 10. The molecule has 10 aromatic carbocycles. The van der Waals surface area contributed by atoms with Crippen LogP contribution in [0.5, 0.6) is 0 Å². The molecule has 2 aliphatic carbocycles. The smallest absolute Gasteiger partial charge is 0.0746 e. The summed E-state index contributed by atoms with van der Waals surface area (Å²) in [6.45, 7) is 0. The van der Waals surface area contributed by atoms with Crippen molar-refractivity contribution in [2.24, 2.45) is 0 Å². The number of hydrogen-bond acceptors (Lipinski definition) is 0. The fourth-order valence-electron chi connectivity index (χ4n) is 11.7. The molecule has 2 aliphatic rings. The summed E-state index contributed by atoms with van der Waals surface area (Å²) >= 11 is 0. The van der Waals surface area contributed by atoms with Crippen LogP contribution in [0.2, 0.25) is 0 Å². The fraction of sp³-hybridized carbons (Fsp3) is 0.0164. The second kappa shape index (κ2) is 12.9. The molecule has 12 aromatic rings. The van der Waals surface area contributed by atoms with Gasteiger partial charge in [0.2, 0.25) is 0 Å². The standard InChI is InChI=1S/C61H38N2/c1-3-17-39(18-4-1)40-33-35-42(36-34-40)63-59-50(49-26-15-25-48-46-24-10-14-32-56(46)62(58(48)49)41-19-5-2-6-20-41)27-16-28-51(59)52-38-37-47-45-23-9-13-31-55(45)61(57(47)60(52)63)53-29-11-7-21-43(53)44-22-8-12-30-54(44)61/h1-38H. The molecular formula is C61H38N2. The highest BCUT2D eigenvalue weighted by atomic mass is 15.0. The number of aromatic nitrogens is 2. The second-order valence-corrected chi connectivity index (χ2v) is 17.1. The first-order chi connectivity index (χ1) is 31.3. The minimum absolute atomic E-state index is 0.519. The number of para-hydroxylation sites is 4. The summed E-state index contributed by atoms with van der Waals surface area (Å²) in [6, 6.07) is 85.8. The molecule has 2 aromatic heterocycles. The Morgan fingerprint density at radius 3 is 1.35 bits per heavy atom. The Hall–Kier alpha value is -8.20. The third-order valence-corrected chi connectivity index (χ3v) is 14.1. The van der Waals surface area contributed by atoms with Crippen molar-refractivity contribution in [2.45, 2.75) is 5.41 Å². The monoisotopic (exact) mass is 798 g/mol. The van der Waals surface area contributed by atoms with Crippen LogP contribution >= 0.6 is 0 Å². The molecule has 63 heavy (non-hydrogen) atoms. The number of rotatable bonds is 4. The zero-order valence-electron chi connectivity index (χ0n) is 34.3. The van der Waals surface area contributed by atoms with Crippen LogP contribution in [0.3, 0.4) is 0 Å². The molecular weight excluding hydrogens is 761 g/mol. The zero-order valence-corrected chi connectivity index (χ0v) is 34.3. The first-order valence-electron chi connectivity index (χ1n) is 21.9. The molecule has 1 spiro atoms. The van der Waals surface area contributed by atoms with E-state index in [1.165, 1.54) is 110 Å². The van der Waals surface area contributed by atoms with E-state index in [9.17, 15) is 0 Å². The Bertz CT molecular complexity index is 3770. The van der Waals surface area contributed by atoms with Gasteiger partial charge in [-0.2, -0.15) is 0 Å². The maximum atomic E-state index is 2.62. The normalized spacial score (nSPS) is 13.2. The van der Waals surface area contributed by atoms with Gasteiger partial charge in [-0.1, -0.05) is 200 Å². The van der Waals surface area contributed by atoms with E-state index in [0.717, 1.165) is 11.4 Å². The highest BCUT2D eigenvalue weighted by Gasteiger charge is 2.53. The molecule has 0 bridgehead atoms. The van der Waals surface area contributed by atoms with Gasteiger partial charge in [0.05, 0.1) is 27.5 Å². The van der Waals surface area contributed by atoms with E-state index < -0.39 is 5.41 Å². The van der Waals surface area contributed by atoms with Crippen LogP contribution < -0.4 is 0 Å². The minimum Gasteiger partial charge on any atom is -0.309 e. The zero-order chi connectivity index (χ0) is 41.2. The van der Waals surface area contributed by atoms with E-state index in [4.69, 9.17) is 0 Å². The van der Waals surface area contributed by atoms with Crippen LogP contribution in [0.1, 0.15) is 22.3 Å². The van der Waals surface area contributed by atoms with Gasteiger partial charge in [-0.25, -0.2) is 0 Å². The minimum atomic E-state index is -0.519. The van der Waals surface area contributed by atoms with Crippen LogP contribution in [0.4, 0.5) is 0 Å². The van der Waals surface area contributed by atoms with Crippen LogP contribution in [-0.2, 0) is 5.41 Å². The van der Waals surface area contributed by atoms with Crippen LogP contribution in [0, 0.1) is 0 Å². The van der Waals surface area contributed by atoms with Crippen molar-refractivity contribution in [1.29, 1.82) is 0 Å². The SMILES string of the molecule is c1ccc(-c2ccc(-n3c4c(-c5cccc6c7ccccc7n(-c7ccccc7)c56)cccc4c4ccc5c(c43)C3(c4ccccc4-c4ccccc43)c3ccccc3-5)cc2)cc1. The van der Waals surface area contributed by atoms with E-state index in [1.807, 2.05) is 0 Å². The van der Waals surface area contributed by atoms with Crippen molar-refractivity contribution in [3.63, 3.8) is 0 Å². The number of fused-ring (bicyclic) bond motifs is 17. The lowest BCUT2D eigenvalue weighted by atomic mass is 9.70. The molecule has 2 heteroatoms.